The molecule has 2 unspecified atom stereocenters. The summed E-state index contributed by atoms with van der Waals surface area (Å²) >= 11 is 0. The van der Waals surface area contributed by atoms with E-state index in [9.17, 15) is 9.50 Å². The molecular formula is C12H16FNO. The van der Waals surface area contributed by atoms with Crippen molar-refractivity contribution in [3.05, 3.63) is 29.8 Å². The predicted octanol–water partition coefficient (Wildman–Crippen LogP) is 2.54. The number of nitrogens with one attached hydrogen (secondary N) is 1. The molecule has 2 nitrogen and oxygen atoms in total. The molecular weight excluding hydrogens is 193 g/mol. The van der Waals surface area contributed by atoms with Gasteiger partial charge in [-0.1, -0.05) is 12.1 Å². The average Bonchev–Trinajstić information content (AvgIpc) is 2.70. The number of phenols is 1. The van der Waals surface area contributed by atoms with Crippen LogP contribution in [0.5, 0.6) is 5.75 Å². The molecule has 82 valence electrons. The summed E-state index contributed by atoms with van der Waals surface area (Å²) in [6.45, 7) is 0.997. The highest BCUT2D eigenvalue weighted by Gasteiger charge is 2.20. The third-order valence-electron chi connectivity index (χ3n) is 2.89. The van der Waals surface area contributed by atoms with Crippen LogP contribution in [-0.2, 0) is 0 Å². The van der Waals surface area contributed by atoms with Crippen LogP contribution in [-0.4, -0.2) is 17.7 Å². The van der Waals surface area contributed by atoms with E-state index in [-0.39, 0.29) is 5.75 Å². The van der Waals surface area contributed by atoms with Gasteiger partial charge in [0, 0.05) is 6.04 Å². The Morgan fingerprint density at radius 3 is 3.07 bits per heavy atom. The molecule has 1 saturated heterocycles. The molecule has 2 rings (SSSR count). The summed E-state index contributed by atoms with van der Waals surface area (Å²) in [6, 6.07) is 6.75. The molecule has 1 aromatic carbocycles. The minimum atomic E-state index is -0.979. The second-order valence-electron chi connectivity index (χ2n) is 4.09. The van der Waals surface area contributed by atoms with Crippen LogP contribution in [0.15, 0.2) is 24.3 Å². The molecule has 15 heavy (non-hydrogen) atoms. The lowest BCUT2D eigenvalue weighted by molar-refractivity contribution is 0.292. The Labute approximate surface area is 89.1 Å². The summed E-state index contributed by atoms with van der Waals surface area (Å²) in [4.78, 5) is 0. The molecule has 1 aliphatic heterocycles. The third-order valence-corrected chi connectivity index (χ3v) is 2.89. The molecule has 1 fully saturated rings. The van der Waals surface area contributed by atoms with E-state index in [0.717, 1.165) is 19.4 Å². The van der Waals surface area contributed by atoms with Crippen molar-refractivity contribution in [1.29, 1.82) is 0 Å². The van der Waals surface area contributed by atoms with Gasteiger partial charge in [0.25, 0.3) is 0 Å². The molecule has 2 N–H and O–H groups in total. The van der Waals surface area contributed by atoms with Gasteiger partial charge < -0.3 is 10.4 Å². The van der Waals surface area contributed by atoms with Crippen molar-refractivity contribution in [3.63, 3.8) is 0 Å². The average molecular weight is 209 g/mol. The highest BCUT2D eigenvalue weighted by molar-refractivity contribution is 5.28. The molecule has 0 saturated carbocycles. The van der Waals surface area contributed by atoms with Gasteiger partial charge in [-0.05, 0) is 43.5 Å². The summed E-state index contributed by atoms with van der Waals surface area (Å²) < 4.78 is 13.8. The number of aromatic hydroxyl groups is 1. The van der Waals surface area contributed by atoms with Crippen LogP contribution in [0.1, 0.15) is 31.0 Å². The Bertz CT molecular complexity index is 323. The molecule has 0 aliphatic carbocycles. The first kappa shape index (κ1) is 10.4. The minimum Gasteiger partial charge on any atom is -0.508 e. The maximum absolute atomic E-state index is 13.8. The first-order valence-corrected chi connectivity index (χ1v) is 5.42. The predicted molar refractivity (Wildman–Crippen MR) is 57.6 cm³/mol. The number of phenolic OH excluding ortho intramolecular Hbond substituents is 1. The van der Waals surface area contributed by atoms with Gasteiger partial charge in [0.2, 0.25) is 0 Å². The van der Waals surface area contributed by atoms with Crippen LogP contribution in [0.3, 0.4) is 0 Å². The van der Waals surface area contributed by atoms with Crippen LogP contribution in [0, 0.1) is 0 Å². The summed E-state index contributed by atoms with van der Waals surface area (Å²) in [5, 5.41) is 12.5. The van der Waals surface area contributed by atoms with Crippen LogP contribution in [0.4, 0.5) is 4.39 Å². The van der Waals surface area contributed by atoms with E-state index < -0.39 is 6.17 Å². The highest BCUT2D eigenvalue weighted by Crippen LogP contribution is 2.27. The first-order valence-electron chi connectivity index (χ1n) is 5.42. The summed E-state index contributed by atoms with van der Waals surface area (Å²) in [7, 11) is 0. The van der Waals surface area contributed by atoms with Crippen molar-refractivity contribution in [3.8, 4) is 5.75 Å². The quantitative estimate of drug-likeness (QED) is 0.801. The van der Waals surface area contributed by atoms with Crippen molar-refractivity contribution in [2.45, 2.75) is 31.5 Å². The number of hydrogen-bond donors (Lipinski definition) is 2. The van der Waals surface area contributed by atoms with E-state index in [1.165, 1.54) is 6.07 Å². The monoisotopic (exact) mass is 209 g/mol. The van der Waals surface area contributed by atoms with Gasteiger partial charge in [0.15, 0.2) is 0 Å². The topological polar surface area (TPSA) is 32.3 Å². The number of alkyl halides is 1. The fourth-order valence-corrected chi connectivity index (χ4v) is 2.06. The molecule has 0 bridgehead atoms. The lowest BCUT2D eigenvalue weighted by atomic mass is 10.0. The molecule has 1 aliphatic rings. The first-order chi connectivity index (χ1) is 7.25. The second kappa shape index (κ2) is 4.62. The van der Waals surface area contributed by atoms with Gasteiger partial charge in [-0.25, -0.2) is 4.39 Å². The van der Waals surface area contributed by atoms with Crippen molar-refractivity contribution >= 4 is 0 Å². The normalized spacial score (nSPS) is 22.9. The van der Waals surface area contributed by atoms with Crippen LogP contribution >= 0.6 is 0 Å². The standard InChI is InChI=1S/C12H16FNO/c13-12(8-10-4-2-6-14-10)9-3-1-5-11(15)7-9/h1,3,5,7,10,12,14-15H,2,4,6,8H2. The van der Waals surface area contributed by atoms with Gasteiger partial charge in [-0.15, -0.1) is 0 Å². The van der Waals surface area contributed by atoms with Crippen molar-refractivity contribution in [1.82, 2.24) is 5.32 Å². The Morgan fingerprint density at radius 1 is 1.53 bits per heavy atom. The largest absolute Gasteiger partial charge is 0.508 e. The second-order valence-corrected chi connectivity index (χ2v) is 4.09. The Kier molecular flexibility index (Phi) is 3.21. The van der Waals surface area contributed by atoms with Crippen LogP contribution < -0.4 is 5.32 Å². The zero-order chi connectivity index (χ0) is 10.7. The fourth-order valence-electron chi connectivity index (χ4n) is 2.06. The number of rotatable bonds is 3. The summed E-state index contributed by atoms with van der Waals surface area (Å²) in [5.41, 5.74) is 0.573. The van der Waals surface area contributed by atoms with Gasteiger partial charge in [0.1, 0.15) is 11.9 Å². The van der Waals surface area contributed by atoms with Crippen LogP contribution in [0.25, 0.3) is 0 Å². The van der Waals surface area contributed by atoms with E-state index in [1.54, 1.807) is 18.2 Å². The lowest BCUT2D eigenvalue weighted by Crippen LogP contribution is -2.22. The van der Waals surface area contributed by atoms with Crippen molar-refractivity contribution < 1.29 is 9.50 Å². The Hall–Kier alpha value is -1.09. The molecule has 1 aromatic rings. The number of hydrogen-bond acceptors (Lipinski definition) is 2. The fraction of sp³-hybridized carbons (Fsp3) is 0.500. The minimum absolute atomic E-state index is 0.134. The van der Waals surface area contributed by atoms with Crippen molar-refractivity contribution in [2.75, 3.05) is 6.54 Å². The van der Waals surface area contributed by atoms with Crippen LogP contribution in [0.2, 0.25) is 0 Å². The van der Waals surface area contributed by atoms with Crippen molar-refractivity contribution in [2.24, 2.45) is 0 Å². The third kappa shape index (κ3) is 2.69. The van der Waals surface area contributed by atoms with E-state index in [0.29, 0.717) is 18.0 Å². The summed E-state index contributed by atoms with van der Waals surface area (Å²) in [5.74, 6) is 0.134. The van der Waals surface area contributed by atoms with Gasteiger partial charge in [0.05, 0.1) is 0 Å². The highest BCUT2D eigenvalue weighted by atomic mass is 19.1. The smallest absolute Gasteiger partial charge is 0.127 e. The molecule has 0 spiro atoms. The molecule has 0 amide bonds. The van der Waals surface area contributed by atoms with E-state index in [2.05, 4.69) is 5.32 Å². The molecule has 3 heteroatoms. The SMILES string of the molecule is Oc1cccc(C(F)CC2CCCN2)c1. The van der Waals surface area contributed by atoms with E-state index in [4.69, 9.17) is 0 Å². The molecule has 1 heterocycles. The Balaban J connectivity index is 1.97. The summed E-state index contributed by atoms with van der Waals surface area (Å²) in [6.07, 6.45) is 1.72. The molecule has 0 aromatic heterocycles. The number of benzene rings is 1. The molecule has 0 radical (unpaired) electrons. The van der Waals surface area contributed by atoms with Gasteiger partial charge >= 0.3 is 0 Å². The zero-order valence-electron chi connectivity index (χ0n) is 8.62. The van der Waals surface area contributed by atoms with Gasteiger partial charge in [-0.3, -0.25) is 0 Å². The maximum Gasteiger partial charge on any atom is 0.127 e. The number of halogens is 1. The lowest BCUT2D eigenvalue weighted by Gasteiger charge is -2.14. The molecule has 2 atom stereocenters. The van der Waals surface area contributed by atoms with E-state index in [1.807, 2.05) is 0 Å². The van der Waals surface area contributed by atoms with E-state index >= 15 is 0 Å². The van der Waals surface area contributed by atoms with Gasteiger partial charge in [-0.2, -0.15) is 0 Å². The maximum atomic E-state index is 13.8. The zero-order valence-corrected chi connectivity index (χ0v) is 8.62. The Morgan fingerprint density at radius 2 is 2.40 bits per heavy atom.